The van der Waals surface area contributed by atoms with Crippen LogP contribution in [0.5, 0.6) is 0 Å². The maximum absolute atomic E-state index is 12.8. The molecule has 0 aliphatic carbocycles. The van der Waals surface area contributed by atoms with Gasteiger partial charge in [-0.2, -0.15) is 0 Å². The minimum atomic E-state index is -0.772. The van der Waals surface area contributed by atoms with Gasteiger partial charge in [-0.1, -0.05) is 281 Å². The highest BCUT2D eigenvalue weighted by atomic mass is 16.6. The first-order chi connectivity index (χ1) is 34.0. The third-order valence-electron chi connectivity index (χ3n) is 13.0. The van der Waals surface area contributed by atoms with E-state index in [1.54, 1.807) is 0 Å². The van der Waals surface area contributed by atoms with Crippen LogP contribution in [-0.4, -0.2) is 37.2 Å². The van der Waals surface area contributed by atoms with Crippen molar-refractivity contribution in [3.8, 4) is 0 Å². The molecule has 1 atom stereocenters. The van der Waals surface area contributed by atoms with Crippen LogP contribution >= 0.6 is 0 Å². The number of hydrogen-bond donors (Lipinski definition) is 0. The van der Waals surface area contributed by atoms with Gasteiger partial charge in [-0.3, -0.25) is 14.4 Å². The molecule has 0 aliphatic rings. The second-order valence-electron chi connectivity index (χ2n) is 19.9. The average molecular weight is 966 g/mol. The number of allylic oxidation sites excluding steroid dienone is 10. The van der Waals surface area contributed by atoms with Crippen LogP contribution in [0.4, 0.5) is 0 Å². The van der Waals surface area contributed by atoms with Gasteiger partial charge < -0.3 is 14.2 Å². The van der Waals surface area contributed by atoms with E-state index < -0.39 is 6.10 Å². The van der Waals surface area contributed by atoms with Gasteiger partial charge in [-0.15, -0.1) is 0 Å². The molecule has 69 heavy (non-hydrogen) atoms. The zero-order valence-corrected chi connectivity index (χ0v) is 45.8. The highest BCUT2D eigenvalue weighted by molar-refractivity contribution is 5.71. The summed E-state index contributed by atoms with van der Waals surface area (Å²) < 4.78 is 16.9. The van der Waals surface area contributed by atoms with Gasteiger partial charge in [0.1, 0.15) is 13.2 Å². The highest BCUT2D eigenvalue weighted by Gasteiger charge is 2.19. The first-order valence-corrected chi connectivity index (χ1v) is 29.8. The molecule has 6 nitrogen and oxygen atoms in total. The Labute approximate surface area is 428 Å². The van der Waals surface area contributed by atoms with Gasteiger partial charge >= 0.3 is 17.9 Å². The van der Waals surface area contributed by atoms with Crippen molar-refractivity contribution in [2.24, 2.45) is 0 Å². The Bertz CT molecular complexity index is 1250. The Morgan fingerprint density at radius 3 is 0.884 bits per heavy atom. The van der Waals surface area contributed by atoms with Gasteiger partial charge in [0.25, 0.3) is 0 Å². The van der Waals surface area contributed by atoms with E-state index >= 15 is 0 Å². The fourth-order valence-electron chi connectivity index (χ4n) is 8.59. The van der Waals surface area contributed by atoms with E-state index in [9.17, 15) is 14.4 Å². The molecule has 1 unspecified atom stereocenters. The molecule has 6 heteroatoms. The van der Waals surface area contributed by atoms with Gasteiger partial charge in [0.15, 0.2) is 6.10 Å². The lowest BCUT2D eigenvalue weighted by Crippen LogP contribution is -2.30. The summed E-state index contributed by atoms with van der Waals surface area (Å²) >= 11 is 0. The maximum Gasteiger partial charge on any atom is 0.306 e. The molecule has 0 fully saturated rings. The van der Waals surface area contributed by atoms with Gasteiger partial charge in [0.05, 0.1) is 0 Å². The van der Waals surface area contributed by atoms with Crippen LogP contribution < -0.4 is 0 Å². The SMILES string of the molecule is CC/C=C\C/C=C\C/C=C\C/C=C\C/C=C\CCCCCCCCCCCC(=O)OCC(COC(=O)CCCCCCCCCCC)OC(=O)CCCCCCCCCCCCCCCCCCC. The number of unbranched alkanes of at least 4 members (excludes halogenated alkanes) is 33. The molecular formula is C63H112O6. The fourth-order valence-corrected chi connectivity index (χ4v) is 8.59. The molecule has 0 heterocycles. The van der Waals surface area contributed by atoms with Crippen LogP contribution in [0, 0.1) is 0 Å². The summed E-state index contributed by atoms with van der Waals surface area (Å²) in [5.41, 5.74) is 0. The second-order valence-corrected chi connectivity index (χ2v) is 19.9. The Hall–Kier alpha value is -2.89. The first kappa shape index (κ1) is 66.1. The molecule has 400 valence electrons. The predicted molar refractivity (Wildman–Crippen MR) is 298 cm³/mol. The number of carbonyl (C=O) groups excluding carboxylic acids is 3. The summed E-state index contributed by atoms with van der Waals surface area (Å²) in [6.45, 7) is 6.54. The summed E-state index contributed by atoms with van der Waals surface area (Å²) in [6.07, 6.45) is 72.2. The quantitative estimate of drug-likeness (QED) is 0.0262. The van der Waals surface area contributed by atoms with Gasteiger partial charge in [-0.05, 0) is 64.2 Å². The van der Waals surface area contributed by atoms with E-state index in [1.165, 1.54) is 167 Å². The van der Waals surface area contributed by atoms with Crippen LogP contribution in [0.15, 0.2) is 60.8 Å². The predicted octanol–water partition coefficient (Wildman–Crippen LogP) is 20.0. The van der Waals surface area contributed by atoms with Crippen LogP contribution in [0.1, 0.15) is 303 Å². The molecule has 0 amide bonds. The number of hydrogen-bond acceptors (Lipinski definition) is 6. The molecule has 0 aromatic rings. The average Bonchev–Trinajstić information content (AvgIpc) is 3.35. The Morgan fingerprint density at radius 2 is 0.565 bits per heavy atom. The van der Waals surface area contributed by atoms with Gasteiger partial charge in [0.2, 0.25) is 0 Å². The van der Waals surface area contributed by atoms with Crippen molar-refractivity contribution < 1.29 is 28.6 Å². The van der Waals surface area contributed by atoms with Crippen molar-refractivity contribution in [2.75, 3.05) is 13.2 Å². The van der Waals surface area contributed by atoms with Crippen molar-refractivity contribution in [1.29, 1.82) is 0 Å². The van der Waals surface area contributed by atoms with Crippen LogP contribution in [-0.2, 0) is 28.6 Å². The van der Waals surface area contributed by atoms with Crippen molar-refractivity contribution in [3.63, 3.8) is 0 Å². The number of rotatable bonds is 54. The monoisotopic (exact) mass is 965 g/mol. The lowest BCUT2D eigenvalue weighted by atomic mass is 10.0. The van der Waals surface area contributed by atoms with Crippen molar-refractivity contribution in [3.05, 3.63) is 60.8 Å². The Balaban J connectivity index is 4.22. The fraction of sp³-hybridized carbons (Fsp3) is 0.794. The second kappa shape index (κ2) is 57.7. The molecule has 0 radical (unpaired) electrons. The number of esters is 3. The van der Waals surface area contributed by atoms with Crippen LogP contribution in [0.25, 0.3) is 0 Å². The molecular weight excluding hydrogens is 853 g/mol. The molecule has 0 aromatic carbocycles. The van der Waals surface area contributed by atoms with Crippen LogP contribution in [0.3, 0.4) is 0 Å². The molecule has 0 rings (SSSR count). The molecule has 0 saturated heterocycles. The third kappa shape index (κ3) is 55.9. The molecule has 0 bridgehead atoms. The van der Waals surface area contributed by atoms with E-state index in [0.29, 0.717) is 19.3 Å². The first-order valence-electron chi connectivity index (χ1n) is 29.8. The van der Waals surface area contributed by atoms with Gasteiger partial charge in [-0.25, -0.2) is 0 Å². The molecule has 0 spiro atoms. The largest absolute Gasteiger partial charge is 0.462 e. The van der Waals surface area contributed by atoms with E-state index in [-0.39, 0.29) is 31.1 Å². The topological polar surface area (TPSA) is 78.9 Å². The normalized spacial score (nSPS) is 12.4. The molecule has 0 aromatic heterocycles. The molecule has 0 aliphatic heterocycles. The third-order valence-corrected chi connectivity index (χ3v) is 13.0. The zero-order valence-electron chi connectivity index (χ0n) is 45.8. The smallest absolute Gasteiger partial charge is 0.306 e. The summed E-state index contributed by atoms with van der Waals surface area (Å²) in [7, 11) is 0. The lowest BCUT2D eigenvalue weighted by Gasteiger charge is -2.18. The highest BCUT2D eigenvalue weighted by Crippen LogP contribution is 2.17. The summed E-state index contributed by atoms with van der Waals surface area (Å²) in [5.74, 6) is -0.866. The zero-order chi connectivity index (χ0) is 50.0. The maximum atomic E-state index is 12.8. The van der Waals surface area contributed by atoms with Crippen molar-refractivity contribution in [2.45, 2.75) is 309 Å². The minimum absolute atomic E-state index is 0.0717. The van der Waals surface area contributed by atoms with E-state index in [2.05, 4.69) is 81.5 Å². The number of carbonyl (C=O) groups is 3. The van der Waals surface area contributed by atoms with E-state index in [0.717, 1.165) is 96.3 Å². The Kier molecular flexibility index (Phi) is 55.3. The summed E-state index contributed by atoms with van der Waals surface area (Å²) in [4.78, 5) is 38.1. The standard InChI is InChI=1S/C63H112O6/c1-4-7-10-13-16-19-21-23-25-27-28-29-30-31-32-33-34-36-37-39-41-44-47-50-53-56-62(65)68-59-60(58-67-61(64)55-52-49-46-43-18-15-12-9-6-3)69-63(66)57-54-51-48-45-42-40-38-35-26-24-22-20-17-14-11-8-5-2/h7,10,16,19,23,25,28-29,31-32,60H,4-6,8-9,11-15,17-18,20-22,24,26-27,30,33-59H2,1-3H3/b10-7-,19-16-,25-23-,29-28-,32-31-. The molecule has 0 N–H and O–H groups in total. The number of ether oxygens (including phenoxy) is 3. The van der Waals surface area contributed by atoms with Gasteiger partial charge in [0, 0.05) is 19.3 Å². The molecule has 0 saturated carbocycles. The Morgan fingerprint density at radius 1 is 0.304 bits per heavy atom. The lowest BCUT2D eigenvalue weighted by molar-refractivity contribution is -0.167. The summed E-state index contributed by atoms with van der Waals surface area (Å²) in [5, 5.41) is 0. The van der Waals surface area contributed by atoms with E-state index in [4.69, 9.17) is 14.2 Å². The van der Waals surface area contributed by atoms with E-state index in [1.807, 2.05) is 0 Å². The van der Waals surface area contributed by atoms with Crippen molar-refractivity contribution in [1.82, 2.24) is 0 Å². The summed E-state index contributed by atoms with van der Waals surface area (Å²) in [6, 6.07) is 0. The van der Waals surface area contributed by atoms with Crippen molar-refractivity contribution >= 4 is 17.9 Å². The minimum Gasteiger partial charge on any atom is -0.462 e. The van der Waals surface area contributed by atoms with Crippen LogP contribution in [0.2, 0.25) is 0 Å².